The predicted molar refractivity (Wildman–Crippen MR) is 117 cm³/mol. The quantitative estimate of drug-likeness (QED) is 0.774. The molecule has 0 radical (unpaired) electrons. The average Bonchev–Trinajstić information content (AvgIpc) is 3.10. The molecule has 1 aromatic carbocycles. The number of carbonyl (C=O) groups is 1. The number of nitrogens with two attached hydrogens (primary N) is 1. The fourth-order valence-corrected chi connectivity index (χ4v) is 5.46. The molecule has 1 amide bonds. The molecular formula is C21H26ClN5OS. The zero-order chi connectivity index (χ0) is 20.5. The van der Waals surface area contributed by atoms with Gasteiger partial charge in [0, 0.05) is 40.7 Å². The molecule has 1 fully saturated rings. The summed E-state index contributed by atoms with van der Waals surface area (Å²) in [5.41, 5.74) is 10.6. The molecule has 3 heterocycles. The van der Waals surface area contributed by atoms with E-state index in [1.54, 1.807) is 6.33 Å². The van der Waals surface area contributed by atoms with E-state index in [0.717, 1.165) is 29.2 Å². The molecule has 154 valence electrons. The molecule has 2 aromatic rings. The standard InChI is InChI=1S/C21H26ClN5OS/c1-12-20(19-18-13(2)29-10-17(18)25-11-26-19)27(8-7-24-12)21(28)16(23)9-14-3-5-15(22)6-4-14/h3-6,11-13,16,20,24H,7-10,23H2,1-2H3/t12?,13-,16-,20?/m1/s1. The van der Waals surface area contributed by atoms with Crippen LogP contribution in [0.25, 0.3) is 0 Å². The minimum absolute atomic E-state index is 0.0380. The predicted octanol–water partition coefficient (Wildman–Crippen LogP) is 2.87. The fourth-order valence-electron chi connectivity index (χ4n) is 4.27. The van der Waals surface area contributed by atoms with Crippen LogP contribution in [0.3, 0.4) is 0 Å². The molecule has 6 nitrogen and oxygen atoms in total. The first kappa shape index (κ1) is 20.6. The van der Waals surface area contributed by atoms with Crippen LogP contribution in [-0.4, -0.2) is 45.9 Å². The third kappa shape index (κ3) is 4.14. The summed E-state index contributed by atoms with van der Waals surface area (Å²) in [5, 5.41) is 4.50. The topological polar surface area (TPSA) is 84.1 Å². The smallest absolute Gasteiger partial charge is 0.240 e. The molecule has 2 aliphatic heterocycles. The highest BCUT2D eigenvalue weighted by molar-refractivity contribution is 7.99. The van der Waals surface area contributed by atoms with E-state index in [-0.39, 0.29) is 18.0 Å². The molecular weight excluding hydrogens is 406 g/mol. The summed E-state index contributed by atoms with van der Waals surface area (Å²) in [4.78, 5) is 24.4. The van der Waals surface area contributed by atoms with Crippen molar-refractivity contribution in [2.45, 2.75) is 49.4 Å². The SMILES string of the molecule is CC1NCCN(C(=O)[C@H](N)Cc2ccc(Cl)cc2)C1c1ncnc2c1[C@@H](C)SC2. The Morgan fingerprint density at radius 1 is 1.34 bits per heavy atom. The van der Waals surface area contributed by atoms with Crippen LogP contribution < -0.4 is 11.1 Å². The van der Waals surface area contributed by atoms with Crippen LogP contribution in [0, 0.1) is 0 Å². The van der Waals surface area contributed by atoms with Gasteiger partial charge in [0.15, 0.2) is 0 Å². The lowest BCUT2D eigenvalue weighted by molar-refractivity contribution is -0.137. The van der Waals surface area contributed by atoms with Gasteiger partial charge in [-0.2, -0.15) is 0 Å². The van der Waals surface area contributed by atoms with E-state index in [0.29, 0.717) is 23.2 Å². The van der Waals surface area contributed by atoms with E-state index in [9.17, 15) is 4.79 Å². The Bertz CT molecular complexity index is 893. The van der Waals surface area contributed by atoms with Gasteiger partial charge in [0.05, 0.1) is 23.5 Å². The highest BCUT2D eigenvalue weighted by Crippen LogP contribution is 2.44. The van der Waals surface area contributed by atoms with Gasteiger partial charge < -0.3 is 16.0 Å². The van der Waals surface area contributed by atoms with E-state index in [4.69, 9.17) is 17.3 Å². The number of hydrogen-bond acceptors (Lipinski definition) is 6. The van der Waals surface area contributed by atoms with Crippen molar-refractivity contribution in [1.29, 1.82) is 0 Å². The third-order valence-electron chi connectivity index (χ3n) is 5.75. The van der Waals surface area contributed by atoms with E-state index in [1.165, 1.54) is 5.56 Å². The van der Waals surface area contributed by atoms with Crippen molar-refractivity contribution in [3.05, 3.63) is 58.1 Å². The Morgan fingerprint density at radius 2 is 2.10 bits per heavy atom. The van der Waals surface area contributed by atoms with Crippen LogP contribution >= 0.6 is 23.4 Å². The Kier molecular flexibility index (Phi) is 6.11. The zero-order valence-corrected chi connectivity index (χ0v) is 18.2. The van der Waals surface area contributed by atoms with E-state index in [2.05, 4.69) is 29.1 Å². The second-order valence-corrected chi connectivity index (χ2v) is 9.49. The largest absolute Gasteiger partial charge is 0.330 e. The van der Waals surface area contributed by atoms with Crippen LogP contribution in [0.15, 0.2) is 30.6 Å². The van der Waals surface area contributed by atoms with Gasteiger partial charge in [-0.15, -0.1) is 11.8 Å². The number of aromatic nitrogens is 2. The van der Waals surface area contributed by atoms with Crippen LogP contribution in [0.5, 0.6) is 0 Å². The number of hydrogen-bond donors (Lipinski definition) is 2. The lowest BCUT2D eigenvalue weighted by atomic mass is 9.94. The first-order valence-corrected chi connectivity index (χ1v) is 11.4. The molecule has 0 saturated carbocycles. The van der Waals surface area contributed by atoms with Gasteiger partial charge in [-0.25, -0.2) is 9.97 Å². The summed E-state index contributed by atoms with van der Waals surface area (Å²) in [6.45, 7) is 5.65. The molecule has 0 aliphatic carbocycles. The van der Waals surface area contributed by atoms with Gasteiger partial charge in [0.1, 0.15) is 6.33 Å². The van der Waals surface area contributed by atoms with Crippen LogP contribution in [0.1, 0.15) is 47.7 Å². The van der Waals surface area contributed by atoms with E-state index >= 15 is 0 Å². The summed E-state index contributed by atoms with van der Waals surface area (Å²) in [5.74, 6) is 0.855. The summed E-state index contributed by atoms with van der Waals surface area (Å²) in [7, 11) is 0. The lowest BCUT2D eigenvalue weighted by Crippen LogP contribution is -2.57. The minimum Gasteiger partial charge on any atom is -0.330 e. The molecule has 1 saturated heterocycles. The Morgan fingerprint density at radius 3 is 2.86 bits per heavy atom. The number of carbonyl (C=O) groups excluding carboxylic acids is 1. The molecule has 29 heavy (non-hydrogen) atoms. The van der Waals surface area contributed by atoms with E-state index < -0.39 is 6.04 Å². The maximum absolute atomic E-state index is 13.4. The van der Waals surface area contributed by atoms with Crippen LogP contribution in [-0.2, 0) is 17.0 Å². The van der Waals surface area contributed by atoms with Crippen molar-refractivity contribution in [2.24, 2.45) is 5.73 Å². The second kappa shape index (κ2) is 8.60. The number of piperazine rings is 1. The average molecular weight is 432 g/mol. The van der Waals surface area contributed by atoms with Gasteiger partial charge in [-0.05, 0) is 38.0 Å². The molecule has 2 unspecified atom stereocenters. The maximum atomic E-state index is 13.4. The summed E-state index contributed by atoms with van der Waals surface area (Å²) < 4.78 is 0. The highest BCUT2D eigenvalue weighted by atomic mass is 35.5. The molecule has 4 rings (SSSR count). The molecule has 0 bridgehead atoms. The van der Waals surface area contributed by atoms with Crippen molar-refractivity contribution in [3.8, 4) is 0 Å². The molecule has 3 N–H and O–H groups in total. The van der Waals surface area contributed by atoms with Gasteiger partial charge in [-0.1, -0.05) is 23.7 Å². The number of amides is 1. The fraction of sp³-hybridized carbons (Fsp3) is 0.476. The molecule has 1 aromatic heterocycles. The number of rotatable bonds is 4. The van der Waals surface area contributed by atoms with Crippen molar-refractivity contribution >= 4 is 29.3 Å². The van der Waals surface area contributed by atoms with Crippen molar-refractivity contribution in [2.75, 3.05) is 13.1 Å². The van der Waals surface area contributed by atoms with Gasteiger partial charge in [0.25, 0.3) is 0 Å². The van der Waals surface area contributed by atoms with Crippen molar-refractivity contribution in [3.63, 3.8) is 0 Å². The molecule has 2 aliphatic rings. The zero-order valence-electron chi connectivity index (χ0n) is 16.6. The van der Waals surface area contributed by atoms with Crippen molar-refractivity contribution < 1.29 is 4.79 Å². The Balaban J connectivity index is 1.61. The Hall–Kier alpha value is -1.67. The number of halogens is 1. The van der Waals surface area contributed by atoms with Gasteiger partial charge in [-0.3, -0.25) is 4.79 Å². The van der Waals surface area contributed by atoms with Gasteiger partial charge in [0.2, 0.25) is 5.91 Å². The number of benzene rings is 1. The Labute approximate surface area is 180 Å². The summed E-state index contributed by atoms with van der Waals surface area (Å²) >= 11 is 7.83. The van der Waals surface area contributed by atoms with Gasteiger partial charge >= 0.3 is 0 Å². The molecule has 4 atom stereocenters. The minimum atomic E-state index is -0.606. The monoisotopic (exact) mass is 431 g/mol. The second-order valence-electron chi connectivity index (χ2n) is 7.73. The first-order chi connectivity index (χ1) is 14.0. The lowest BCUT2D eigenvalue weighted by Gasteiger charge is -2.42. The molecule has 0 spiro atoms. The maximum Gasteiger partial charge on any atom is 0.240 e. The van der Waals surface area contributed by atoms with E-state index in [1.807, 2.05) is 40.9 Å². The van der Waals surface area contributed by atoms with Crippen LogP contribution in [0.2, 0.25) is 5.02 Å². The molecule has 8 heteroatoms. The summed E-state index contributed by atoms with van der Waals surface area (Å²) in [6, 6.07) is 6.83. The number of thioether (sulfide) groups is 1. The first-order valence-electron chi connectivity index (χ1n) is 9.95. The third-order valence-corrected chi connectivity index (χ3v) is 7.18. The normalized spacial score (nSPS) is 25.0. The van der Waals surface area contributed by atoms with Crippen molar-refractivity contribution in [1.82, 2.24) is 20.2 Å². The number of fused-ring (bicyclic) bond motifs is 1. The summed E-state index contributed by atoms with van der Waals surface area (Å²) in [6.07, 6.45) is 2.11. The van der Waals surface area contributed by atoms with Crippen LogP contribution in [0.4, 0.5) is 0 Å². The number of nitrogens with zero attached hydrogens (tertiary/aromatic N) is 3. The highest BCUT2D eigenvalue weighted by Gasteiger charge is 2.39. The number of nitrogens with one attached hydrogen (secondary N) is 1.